The van der Waals surface area contributed by atoms with E-state index in [0.29, 0.717) is 21.4 Å². The molecule has 2 heterocycles. The number of hydrogen-bond donors (Lipinski definition) is 0. The molecule has 0 aliphatic carbocycles. The Morgan fingerprint density at radius 2 is 1.13 bits per heavy atom. The molecule has 31 heavy (non-hydrogen) atoms. The van der Waals surface area contributed by atoms with Crippen LogP contribution in [0.3, 0.4) is 0 Å². The number of hydrazone groups is 2. The van der Waals surface area contributed by atoms with Crippen LogP contribution >= 0.6 is 46.7 Å². The Morgan fingerprint density at radius 3 is 1.45 bits per heavy atom. The minimum Gasteiger partial charge on any atom is -0.464 e. The molecule has 0 radical (unpaired) electrons. The highest BCUT2D eigenvalue weighted by molar-refractivity contribution is 8.33. The molecule has 2 aromatic carbocycles. The topological polar surface area (TPSA) is 83.8 Å². The van der Waals surface area contributed by atoms with Crippen LogP contribution in [0.25, 0.3) is 0 Å². The van der Waals surface area contributed by atoms with Gasteiger partial charge in [0, 0.05) is 10.0 Å². The molecule has 0 amide bonds. The maximum atomic E-state index is 12.3. The van der Waals surface area contributed by atoms with Crippen LogP contribution in [0.15, 0.2) is 58.7 Å². The maximum Gasteiger partial charge on any atom is 0.365 e. The van der Waals surface area contributed by atoms with Gasteiger partial charge in [-0.15, -0.1) is 0 Å². The van der Waals surface area contributed by atoms with Crippen molar-refractivity contribution in [3.8, 4) is 0 Å². The van der Waals surface area contributed by atoms with Crippen LogP contribution in [-0.2, 0) is 19.1 Å². The van der Waals surface area contributed by atoms with Gasteiger partial charge in [-0.1, -0.05) is 23.2 Å². The Morgan fingerprint density at radius 1 is 0.774 bits per heavy atom. The minimum absolute atomic E-state index is 0.102. The van der Waals surface area contributed by atoms with Gasteiger partial charge in [-0.05, 0) is 72.1 Å². The van der Waals surface area contributed by atoms with Crippen LogP contribution in [0, 0.1) is 0 Å². The fourth-order valence-electron chi connectivity index (χ4n) is 2.83. The van der Waals surface area contributed by atoms with Gasteiger partial charge in [0.2, 0.25) is 10.1 Å². The van der Waals surface area contributed by atoms with Gasteiger partial charge < -0.3 is 9.47 Å². The highest BCUT2D eigenvalue weighted by Crippen LogP contribution is 2.55. The molecule has 0 N–H and O–H groups in total. The van der Waals surface area contributed by atoms with Gasteiger partial charge in [0.15, 0.2) is 0 Å². The molecule has 0 atom stereocenters. The Hall–Kier alpha value is -2.40. The second-order valence-corrected chi connectivity index (χ2v) is 9.57. The number of carbonyl (C=O) groups is 2. The van der Waals surface area contributed by atoms with E-state index in [-0.39, 0.29) is 10.1 Å². The van der Waals surface area contributed by atoms with Gasteiger partial charge in [0.25, 0.3) is 4.33 Å². The molecule has 2 aliphatic heterocycles. The van der Waals surface area contributed by atoms with Crippen molar-refractivity contribution in [2.45, 2.75) is 4.33 Å². The van der Waals surface area contributed by atoms with Crippen molar-refractivity contribution in [2.24, 2.45) is 10.2 Å². The third kappa shape index (κ3) is 3.96. The number of anilines is 2. The van der Waals surface area contributed by atoms with E-state index in [0.717, 1.165) is 23.5 Å². The number of thioether (sulfide) groups is 2. The molecule has 0 saturated carbocycles. The lowest BCUT2D eigenvalue weighted by Crippen LogP contribution is -2.48. The summed E-state index contributed by atoms with van der Waals surface area (Å²) in [5.41, 5.74) is 1.26. The summed E-state index contributed by atoms with van der Waals surface area (Å²) in [6, 6.07) is 13.8. The van der Waals surface area contributed by atoms with Crippen LogP contribution in [0.2, 0.25) is 10.0 Å². The van der Waals surface area contributed by atoms with E-state index in [1.165, 1.54) is 14.2 Å². The molecular formula is C19H14Cl2N4O4S2. The predicted molar refractivity (Wildman–Crippen MR) is 125 cm³/mol. The summed E-state index contributed by atoms with van der Waals surface area (Å²) in [5, 5.41) is 13.5. The van der Waals surface area contributed by atoms with Gasteiger partial charge in [0.1, 0.15) is 0 Å². The normalized spacial score (nSPS) is 16.9. The van der Waals surface area contributed by atoms with Crippen molar-refractivity contribution in [1.82, 2.24) is 0 Å². The van der Waals surface area contributed by atoms with Crippen LogP contribution in [0.1, 0.15) is 0 Å². The molecule has 0 saturated heterocycles. The summed E-state index contributed by atoms with van der Waals surface area (Å²) in [4.78, 5) is 24.7. The number of hydrogen-bond acceptors (Lipinski definition) is 10. The summed E-state index contributed by atoms with van der Waals surface area (Å²) in [7, 11) is 2.55. The third-order valence-corrected chi connectivity index (χ3v) is 7.35. The fraction of sp³-hybridized carbons (Fsp3) is 0.158. The molecule has 2 aliphatic rings. The van der Waals surface area contributed by atoms with E-state index in [4.69, 9.17) is 32.7 Å². The number of rotatable bonds is 4. The Bertz CT molecular complexity index is 1010. The second-order valence-electron chi connectivity index (χ2n) is 6.12. The molecule has 4 rings (SSSR count). The molecule has 0 unspecified atom stereocenters. The molecule has 0 fully saturated rings. The summed E-state index contributed by atoms with van der Waals surface area (Å²) in [5.74, 6) is -1.21. The maximum absolute atomic E-state index is 12.3. The number of carbonyl (C=O) groups excluding carboxylic acids is 2. The zero-order chi connectivity index (χ0) is 22.2. The smallest absolute Gasteiger partial charge is 0.365 e. The van der Waals surface area contributed by atoms with E-state index in [2.05, 4.69) is 10.2 Å². The fourth-order valence-corrected chi connectivity index (χ4v) is 5.74. The lowest BCUT2D eigenvalue weighted by atomic mass is 10.3. The van der Waals surface area contributed by atoms with Crippen LogP contribution in [-0.4, -0.2) is 40.6 Å². The molecular weight excluding hydrogens is 483 g/mol. The van der Waals surface area contributed by atoms with Crippen molar-refractivity contribution in [3.05, 3.63) is 58.6 Å². The first-order chi connectivity index (χ1) is 14.9. The SMILES string of the molecule is COC(=O)C1=NN(c2ccc(Cl)cc2)C2(S1)SC(C(=O)OC)=NN2c1ccc(Cl)cc1. The largest absolute Gasteiger partial charge is 0.464 e. The summed E-state index contributed by atoms with van der Waals surface area (Å²) >= 11 is 14.3. The molecule has 8 nitrogen and oxygen atoms in total. The lowest BCUT2D eigenvalue weighted by molar-refractivity contribution is -0.133. The molecule has 2 aromatic rings. The highest BCUT2D eigenvalue weighted by atomic mass is 35.5. The standard InChI is InChI=1S/C19H14Cl2N4O4S2/c1-28-17(26)15-22-24(13-7-3-11(20)4-8-13)19(30-15)25(14-9-5-12(21)6-10-14)23-16(31-19)18(27)29-2/h3-10H,1-2H3. The Balaban J connectivity index is 1.86. The van der Waals surface area contributed by atoms with Gasteiger partial charge in [-0.3, -0.25) is 0 Å². The van der Waals surface area contributed by atoms with Crippen molar-refractivity contribution in [1.29, 1.82) is 0 Å². The number of nitrogens with zero attached hydrogens (tertiary/aromatic N) is 4. The lowest BCUT2D eigenvalue weighted by Gasteiger charge is -2.38. The molecule has 1 spiro atoms. The first-order valence-electron chi connectivity index (χ1n) is 8.71. The van der Waals surface area contributed by atoms with E-state index >= 15 is 0 Å². The Labute approximate surface area is 196 Å². The van der Waals surface area contributed by atoms with E-state index in [1.54, 1.807) is 58.5 Å². The van der Waals surface area contributed by atoms with E-state index in [9.17, 15) is 9.59 Å². The number of benzene rings is 2. The molecule has 0 bridgehead atoms. The minimum atomic E-state index is -1.17. The monoisotopic (exact) mass is 496 g/mol. The van der Waals surface area contributed by atoms with Gasteiger partial charge in [-0.2, -0.15) is 10.2 Å². The summed E-state index contributed by atoms with van der Waals surface area (Å²) < 4.78 is 8.59. The van der Waals surface area contributed by atoms with Gasteiger partial charge in [-0.25, -0.2) is 19.6 Å². The zero-order valence-corrected chi connectivity index (χ0v) is 19.3. The number of halogens is 2. The number of esters is 2. The zero-order valence-electron chi connectivity index (χ0n) is 16.1. The average Bonchev–Trinajstić information content (AvgIpc) is 3.35. The summed E-state index contributed by atoms with van der Waals surface area (Å²) in [6.45, 7) is 0. The number of methoxy groups -OCH3 is 2. The molecule has 160 valence electrons. The van der Waals surface area contributed by atoms with Crippen LogP contribution < -0.4 is 10.0 Å². The van der Waals surface area contributed by atoms with Crippen molar-refractivity contribution in [2.75, 3.05) is 24.2 Å². The highest BCUT2D eigenvalue weighted by Gasteiger charge is 2.58. The first kappa shape index (κ1) is 21.8. The van der Waals surface area contributed by atoms with Crippen molar-refractivity contribution < 1.29 is 19.1 Å². The van der Waals surface area contributed by atoms with Crippen LogP contribution in [0.5, 0.6) is 0 Å². The van der Waals surface area contributed by atoms with E-state index < -0.39 is 16.3 Å². The van der Waals surface area contributed by atoms with E-state index in [1.807, 2.05) is 0 Å². The van der Waals surface area contributed by atoms with Crippen LogP contribution in [0.4, 0.5) is 11.4 Å². The van der Waals surface area contributed by atoms with Gasteiger partial charge in [0.05, 0.1) is 25.6 Å². The molecule has 12 heteroatoms. The number of ether oxygens (including phenoxy) is 2. The quantitative estimate of drug-likeness (QED) is 0.576. The first-order valence-corrected chi connectivity index (χ1v) is 11.1. The molecule has 0 aromatic heterocycles. The van der Waals surface area contributed by atoms with Crippen molar-refractivity contribution >= 4 is 80.1 Å². The third-order valence-electron chi connectivity index (χ3n) is 4.24. The summed E-state index contributed by atoms with van der Waals surface area (Å²) in [6.07, 6.45) is 0. The second kappa shape index (κ2) is 8.62. The predicted octanol–water partition coefficient (Wildman–Crippen LogP) is 4.38. The Kier molecular flexibility index (Phi) is 6.07. The average molecular weight is 497 g/mol. The van der Waals surface area contributed by atoms with Crippen molar-refractivity contribution in [3.63, 3.8) is 0 Å². The van der Waals surface area contributed by atoms with Gasteiger partial charge >= 0.3 is 11.9 Å².